The second-order valence-corrected chi connectivity index (χ2v) is 6.11. The maximum atomic E-state index is 6.00. The summed E-state index contributed by atoms with van der Waals surface area (Å²) in [6.45, 7) is 6.66. The first-order valence-corrected chi connectivity index (χ1v) is 6.42. The van der Waals surface area contributed by atoms with Crippen LogP contribution in [0.3, 0.4) is 0 Å². The van der Waals surface area contributed by atoms with Crippen LogP contribution in [0.15, 0.2) is 22.8 Å². The highest BCUT2D eigenvalue weighted by atomic mass is 79.9. The van der Waals surface area contributed by atoms with Gasteiger partial charge in [0, 0.05) is 22.2 Å². The monoisotopic (exact) mass is 289 g/mol. The molecule has 15 heavy (non-hydrogen) atoms. The van der Waals surface area contributed by atoms with Crippen molar-refractivity contribution in [3.8, 4) is 0 Å². The third kappa shape index (κ3) is 4.12. The van der Waals surface area contributed by atoms with Crippen LogP contribution in [0.25, 0.3) is 0 Å². The van der Waals surface area contributed by atoms with Gasteiger partial charge in [0.05, 0.1) is 0 Å². The number of hydrogen-bond donors (Lipinski definition) is 0. The van der Waals surface area contributed by atoms with E-state index in [-0.39, 0.29) is 5.41 Å². The molecule has 84 valence electrons. The molecule has 1 nitrogen and oxygen atoms in total. The Hall–Kier alpha value is -0.0800. The summed E-state index contributed by atoms with van der Waals surface area (Å²) in [4.78, 5) is 4.37. The van der Waals surface area contributed by atoms with Crippen molar-refractivity contribution in [2.45, 2.75) is 27.2 Å². The normalized spacial score (nSPS) is 13.9. The van der Waals surface area contributed by atoms with Gasteiger partial charge in [-0.2, -0.15) is 0 Å². The van der Waals surface area contributed by atoms with E-state index in [9.17, 15) is 0 Å². The van der Waals surface area contributed by atoms with Crippen molar-refractivity contribution in [2.75, 3.05) is 5.88 Å². The fraction of sp³-hybridized carbons (Fsp3) is 0.583. The minimum absolute atomic E-state index is 0.233. The lowest BCUT2D eigenvalue weighted by Gasteiger charge is -2.28. The number of alkyl halides is 1. The van der Waals surface area contributed by atoms with Gasteiger partial charge in [-0.15, -0.1) is 11.6 Å². The topological polar surface area (TPSA) is 12.9 Å². The predicted molar refractivity (Wildman–Crippen MR) is 69.3 cm³/mol. The highest BCUT2D eigenvalue weighted by Gasteiger charge is 2.24. The number of rotatable bonds is 3. The summed E-state index contributed by atoms with van der Waals surface area (Å²) in [5, 5.41) is 0. The van der Waals surface area contributed by atoms with Crippen LogP contribution in [0.2, 0.25) is 0 Å². The molecular weight excluding hydrogens is 273 g/mol. The summed E-state index contributed by atoms with van der Waals surface area (Å²) >= 11 is 9.38. The average Bonchev–Trinajstić information content (AvgIpc) is 2.15. The van der Waals surface area contributed by atoms with Gasteiger partial charge in [0.25, 0.3) is 0 Å². The lowest BCUT2D eigenvalue weighted by Crippen LogP contribution is -2.24. The first-order chi connectivity index (χ1) is 6.93. The SMILES string of the molecule is CC(C)(C)C(CCl)Cc1ccc(Br)cn1. The lowest BCUT2D eigenvalue weighted by molar-refractivity contribution is 0.262. The van der Waals surface area contributed by atoms with Crippen LogP contribution < -0.4 is 0 Å². The predicted octanol–water partition coefficient (Wildman–Crippen LogP) is 4.29. The molecule has 0 amide bonds. The summed E-state index contributed by atoms with van der Waals surface area (Å²) < 4.78 is 1.02. The molecule has 0 saturated heterocycles. The number of aromatic nitrogens is 1. The van der Waals surface area contributed by atoms with E-state index in [4.69, 9.17) is 11.6 Å². The largest absolute Gasteiger partial charge is 0.260 e. The Morgan fingerprint density at radius 2 is 2.07 bits per heavy atom. The molecule has 1 rings (SSSR count). The van der Waals surface area contributed by atoms with Gasteiger partial charge in [0.2, 0.25) is 0 Å². The van der Waals surface area contributed by atoms with Crippen LogP contribution in [0, 0.1) is 11.3 Å². The first-order valence-electron chi connectivity index (χ1n) is 5.10. The molecule has 1 aromatic rings. The molecule has 0 aliphatic rings. The Balaban J connectivity index is 2.71. The molecule has 3 heteroatoms. The van der Waals surface area contributed by atoms with Gasteiger partial charge in [-0.25, -0.2) is 0 Å². The quantitative estimate of drug-likeness (QED) is 0.757. The second kappa shape index (κ2) is 5.31. The lowest BCUT2D eigenvalue weighted by atomic mass is 9.79. The van der Waals surface area contributed by atoms with Crippen molar-refractivity contribution in [1.29, 1.82) is 0 Å². The zero-order valence-corrected chi connectivity index (χ0v) is 11.8. The van der Waals surface area contributed by atoms with Crippen LogP contribution in [0.5, 0.6) is 0 Å². The van der Waals surface area contributed by atoms with Crippen molar-refractivity contribution in [2.24, 2.45) is 11.3 Å². The molecule has 1 atom stereocenters. The molecule has 0 N–H and O–H groups in total. The Morgan fingerprint density at radius 3 is 2.47 bits per heavy atom. The van der Waals surface area contributed by atoms with Gasteiger partial charge < -0.3 is 0 Å². The van der Waals surface area contributed by atoms with E-state index in [0.29, 0.717) is 11.8 Å². The highest BCUT2D eigenvalue weighted by molar-refractivity contribution is 9.10. The smallest absolute Gasteiger partial charge is 0.0413 e. The first kappa shape index (κ1) is 13.0. The van der Waals surface area contributed by atoms with E-state index in [1.165, 1.54) is 0 Å². The van der Waals surface area contributed by atoms with E-state index in [0.717, 1.165) is 16.6 Å². The Morgan fingerprint density at radius 1 is 1.40 bits per heavy atom. The van der Waals surface area contributed by atoms with Gasteiger partial charge in [-0.1, -0.05) is 20.8 Å². The van der Waals surface area contributed by atoms with Crippen molar-refractivity contribution in [1.82, 2.24) is 4.98 Å². The molecule has 0 aliphatic carbocycles. The van der Waals surface area contributed by atoms with E-state index in [1.54, 1.807) is 0 Å². The maximum absolute atomic E-state index is 6.00. The summed E-state index contributed by atoms with van der Waals surface area (Å²) in [5.74, 6) is 1.15. The molecule has 0 bridgehead atoms. The fourth-order valence-electron chi connectivity index (χ4n) is 1.37. The Bertz CT molecular complexity index is 302. The molecule has 1 heterocycles. The molecule has 0 saturated carbocycles. The minimum atomic E-state index is 0.233. The average molecular weight is 291 g/mol. The molecule has 0 aliphatic heterocycles. The van der Waals surface area contributed by atoms with Crippen LogP contribution in [-0.2, 0) is 6.42 Å². The van der Waals surface area contributed by atoms with E-state index < -0.39 is 0 Å². The van der Waals surface area contributed by atoms with Gasteiger partial charge in [0.1, 0.15) is 0 Å². The van der Waals surface area contributed by atoms with Gasteiger partial charge in [-0.05, 0) is 45.8 Å². The molecular formula is C12H17BrClN. The van der Waals surface area contributed by atoms with E-state index in [2.05, 4.69) is 47.8 Å². The summed E-state index contributed by atoms with van der Waals surface area (Å²) in [6.07, 6.45) is 2.78. The van der Waals surface area contributed by atoms with Gasteiger partial charge in [-0.3, -0.25) is 4.98 Å². The molecule has 1 aromatic heterocycles. The molecule has 0 fully saturated rings. The number of halogens is 2. The van der Waals surface area contributed by atoms with Crippen molar-refractivity contribution >= 4 is 27.5 Å². The maximum Gasteiger partial charge on any atom is 0.0413 e. The van der Waals surface area contributed by atoms with Gasteiger partial charge in [0.15, 0.2) is 0 Å². The third-order valence-electron chi connectivity index (χ3n) is 2.66. The summed E-state index contributed by atoms with van der Waals surface area (Å²) in [7, 11) is 0. The standard InChI is InChI=1S/C12H17BrClN/c1-12(2,3)9(7-14)6-11-5-4-10(13)8-15-11/h4-5,8-9H,6-7H2,1-3H3. The number of nitrogens with zero attached hydrogens (tertiary/aromatic N) is 1. The number of hydrogen-bond acceptors (Lipinski definition) is 1. The van der Waals surface area contributed by atoms with E-state index in [1.807, 2.05) is 12.3 Å². The third-order valence-corrected chi connectivity index (χ3v) is 3.50. The number of pyridine rings is 1. The highest BCUT2D eigenvalue weighted by Crippen LogP contribution is 2.29. The molecule has 0 radical (unpaired) electrons. The summed E-state index contributed by atoms with van der Waals surface area (Å²) in [5.41, 5.74) is 1.34. The fourth-order valence-corrected chi connectivity index (χ4v) is 2.18. The van der Waals surface area contributed by atoms with Crippen LogP contribution in [-0.4, -0.2) is 10.9 Å². The Kier molecular flexibility index (Phi) is 4.60. The van der Waals surface area contributed by atoms with Crippen molar-refractivity contribution in [3.05, 3.63) is 28.5 Å². The van der Waals surface area contributed by atoms with Crippen LogP contribution in [0.1, 0.15) is 26.5 Å². The summed E-state index contributed by atoms with van der Waals surface area (Å²) in [6, 6.07) is 4.08. The van der Waals surface area contributed by atoms with Crippen molar-refractivity contribution in [3.63, 3.8) is 0 Å². The van der Waals surface area contributed by atoms with Crippen molar-refractivity contribution < 1.29 is 0 Å². The van der Waals surface area contributed by atoms with Crippen LogP contribution in [0.4, 0.5) is 0 Å². The van der Waals surface area contributed by atoms with Crippen LogP contribution >= 0.6 is 27.5 Å². The minimum Gasteiger partial charge on any atom is -0.260 e. The Labute approximate surface area is 105 Å². The van der Waals surface area contributed by atoms with Gasteiger partial charge >= 0.3 is 0 Å². The molecule has 0 aromatic carbocycles. The molecule has 0 spiro atoms. The molecule has 1 unspecified atom stereocenters. The van der Waals surface area contributed by atoms with E-state index >= 15 is 0 Å². The second-order valence-electron chi connectivity index (χ2n) is 4.89. The zero-order valence-electron chi connectivity index (χ0n) is 9.43. The zero-order chi connectivity index (χ0) is 11.5.